The number of carbonyl (C=O) groups excluding carboxylic acids is 2. The molecule has 0 radical (unpaired) electrons. The van der Waals surface area contributed by atoms with Crippen LogP contribution < -0.4 is 20.9 Å². The highest BCUT2D eigenvalue weighted by Gasteiger charge is 2.20. The number of hydrogen-bond acceptors (Lipinski definition) is 7. The summed E-state index contributed by atoms with van der Waals surface area (Å²) in [6.07, 6.45) is 1.29. The second-order valence-electron chi connectivity index (χ2n) is 8.98. The van der Waals surface area contributed by atoms with Crippen molar-refractivity contribution in [1.29, 1.82) is 0 Å². The van der Waals surface area contributed by atoms with Crippen molar-refractivity contribution in [1.82, 2.24) is 19.5 Å². The number of benzene rings is 2. The molecule has 4 aromatic rings. The minimum Gasteiger partial charge on any atom is -0.351 e. The van der Waals surface area contributed by atoms with Crippen molar-refractivity contribution < 1.29 is 22.4 Å². The molecule has 0 saturated heterocycles. The van der Waals surface area contributed by atoms with Crippen molar-refractivity contribution in [3.05, 3.63) is 87.4 Å². The number of sulfonamides is 1. The van der Waals surface area contributed by atoms with E-state index in [-0.39, 0.29) is 26.5 Å². The maximum absolute atomic E-state index is 15.3. The van der Waals surface area contributed by atoms with E-state index in [1.54, 1.807) is 23.6 Å². The second kappa shape index (κ2) is 11.4. The van der Waals surface area contributed by atoms with Crippen molar-refractivity contribution in [3.8, 4) is 5.69 Å². The molecule has 10 nitrogen and oxygen atoms in total. The summed E-state index contributed by atoms with van der Waals surface area (Å²) in [5, 5.41) is 7.33. The maximum atomic E-state index is 15.3. The summed E-state index contributed by atoms with van der Waals surface area (Å²) in [5.41, 5.74) is 0.326. The molecule has 0 aliphatic rings. The largest absolute Gasteiger partial charge is 0.351 e. The Hall–Kier alpha value is -4.07. The van der Waals surface area contributed by atoms with Crippen LogP contribution in [0.25, 0.3) is 16.5 Å². The van der Waals surface area contributed by atoms with Crippen molar-refractivity contribution >= 4 is 49.8 Å². The lowest BCUT2D eigenvalue weighted by Crippen LogP contribution is -2.34. The van der Waals surface area contributed by atoms with Gasteiger partial charge in [0.05, 0.1) is 11.3 Å². The van der Waals surface area contributed by atoms with Crippen LogP contribution in [0, 0.1) is 12.7 Å². The predicted molar refractivity (Wildman–Crippen MR) is 149 cm³/mol. The fourth-order valence-electron chi connectivity index (χ4n) is 3.83. The standard InChI is InChI=1S/C26H26FN5O5S2/c1-16-6-8-18-19(13-16)20(24(33)28-10-11-31(2)3)15-32(25(18)34)22-9-7-17(14-21(22)27)29-26(35)30-39(36,37)23-5-4-12-38-23/h4-9,12-15H,10-11H2,1-3H3,(H,28,33)(H2,29,30,35). The van der Waals surface area contributed by atoms with Crippen LogP contribution in [0.3, 0.4) is 0 Å². The first kappa shape index (κ1) is 28.0. The average molecular weight is 572 g/mol. The Kier molecular flexibility index (Phi) is 8.14. The van der Waals surface area contributed by atoms with E-state index in [0.717, 1.165) is 27.5 Å². The molecule has 3 N–H and O–H groups in total. The molecule has 0 saturated carbocycles. The number of pyridine rings is 1. The SMILES string of the molecule is Cc1ccc2c(=O)n(-c3ccc(NC(=O)NS(=O)(=O)c4cccs4)cc3F)cc(C(=O)NCCN(C)C)c2c1. The van der Waals surface area contributed by atoms with Crippen molar-refractivity contribution in [2.45, 2.75) is 11.1 Å². The van der Waals surface area contributed by atoms with Gasteiger partial charge in [0, 0.05) is 35.7 Å². The van der Waals surface area contributed by atoms with E-state index in [9.17, 15) is 22.8 Å². The summed E-state index contributed by atoms with van der Waals surface area (Å²) in [4.78, 5) is 40.5. The van der Waals surface area contributed by atoms with Gasteiger partial charge in [-0.2, -0.15) is 0 Å². The lowest BCUT2D eigenvalue weighted by atomic mass is 10.0. The second-order valence-corrected chi connectivity index (χ2v) is 11.8. The smallest absolute Gasteiger partial charge is 0.333 e. The summed E-state index contributed by atoms with van der Waals surface area (Å²) < 4.78 is 42.6. The van der Waals surface area contributed by atoms with Gasteiger partial charge in [-0.1, -0.05) is 23.8 Å². The molecule has 3 amide bonds. The monoisotopic (exact) mass is 571 g/mol. The molecule has 0 unspecified atom stereocenters. The first-order chi connectivity index (χ1) is 18.5. The maximum Gasteiger partial charge on any atom is 0.333 e. The van der Waals surface area contributed by atoms with E-state index in [1.165, 1.54) is 30.5 Å². The lowest BCUT2D eigenvalue weighted by molar-refractivity contribution is 0.0952. The van der Waals surface area contributed by atoms with E-state index >= 15 is 4.39 Å². The number of carbonyl (C=O) groups is 2. The molecule has 2 aromatic heterocycles. The number of nitrogens with one attached hydrogen (secondary N) is 3. The zero-order valence-corrected chi connectivity index (χ0v) is 23.0. The highest BCUT2D eigenvalue weighted by atomic mass is 32.2. The number of anilines is 1. The quantitative estimate of drug-likeness (QED) is 0.298. The van der Waals surface area contributed by atoms with E-state index in [0.29, 0.717) is 18.5 Å². The Balaban J connectivity index is 1.65. The first-order valence-corrected chi connectivity index (χ1v) is 14.1. The van der Waals surface area contributed by atoms with Crippen molar-refractivity contribution in [2.24, 2.45) is 0 Å². The zero-order valence-electron chi connectivity index (χ0n) is 21.3. The number of fused-ring (bicyclic) bond motifs is 1. The first-order valence-electron chi connectivity index (χ1n) is 11.7. The topological polar surface area (TPSA) is 130 Å². The average Bonchev–Trinajstić information content (AvgIpc) is 3.40. The van der Waals surface area contributed by atoms with Gasteiger partial charge in [0.1, 0.15) is 10.0 Å². The Morgan fingerprint density at radius 1 is 1.08 bits per heavy atom. The Morgan fingerprint density at radius 2 is 1.85 bits per heavy atom. The van der Waals surface area contributed by atoms with Crippen LogP contribution in [-0.2, 0) is 10.0 Å². The van der Waals surface area contributed by atoms with Gasteiger partial charge in [0.2, 0.25) is 0 Å². The van der Waals surface area contributed by atoms with E-state index in [2.05, 4.69) is 10.6 Å². The highest BCUT2D eigenvalue weighted by Crippen LogP contribution is 2.23. The number of urea groups is 1. The van der Waals surface area contributed by atoms with Gasteiger partial charge in [0.15, 0.2) is 0 Å². The van der Waals surface area contributed by atoms with Crippen LogP contribution in [-0.4, -0.2) is 57.0 Å². The Labute approximate surface area is 228 Å². The van der Waals surface area contributed by atoms with Gasteiger partial charge >= 0.3 is 6.03 Å². The molecule has 0 spiro atoms. The van der Waals surface area contributed by atoms with E-state index in [1.807, 2.05) is 30.6 Å². The van der Waals surface area contributed by atoms with Gasteiger partial charge in [-0.05, 0) is 56.7 Å². The Bertz CT molecular complexity index is 1720. The molecule has 0 fully saturated rings. The number of hydrogen-bond donors (Lipinski definition) is 3. The van der Waals surface area contributed by atoms with Crippen LogP contribution in [0.5, 0.6) is 0 Å². The highest BCUT2D eigenvalue weighted by molar-refractivity contribution is 7.92. The predicted octanol–water partition coefficient (Wildman–Crippen LogP) is 3.30. The number of rotatable bonds is 8. The number of thiophene rings is 1. The third-order valence-electron chi connectivity index (χ3n) is 5.71. The van der Waals surface area contributed by atoms with Crippen LogP contribution in [0.15, 0.2) is 69.1 Å². The summed E-state index contributed by atoms with van der Waals surface area (Å²) in [7, 11) is -0.327. The van der Waals surface area contributed by atoms with Gasteiger partial charge in [-0.3, -0.25) is 14.2 Å². The molecular formula is C26H26FN5O5S2. The molecule has 0 bridgehead atoms. The molecule has 2 aromatic carbocycles. The van der Waals surface area contributed by atoms with Crippen LogP contribution in [0.2, 0.25) is 0 Å². The van der Waals surface area contributed by atoms with Crippen LogP contribution in [0.4, 0.5) is 14.9 Å². The van der Waals surface area contributed by atoms with Crippen molar-refractivity contribution in [2.75, 3.05) is 32.5 Å². The summed E-state index contributed by atoms with van der Waals surface area (Å²) in [5.74, 6) is -1.29. The fraction of sp³-hybridized carbons (Fsp3) is 0.192. The summed E-state index contributed by atoms with van der Waals surface area (Å²) in [6.45, 7) is 2.82. The molecular weight excluding hydrogens is 545 g/mol. The molecule has 0 aliphatic carbocycles. The molecule has 2 heterocycles. The van der Waals surface area contributed by atoms with Gasteiger partial charge in [0.25, 0.3) is 21.5 Å². The minimum absolute atomic E-state index is 0.0405. The summed E-state index contributed by atoms with van der Waals surface area (Å²) >= 11 is 0.938. The van der Waals surface area contributed by atoms with E-state index in [4.69, 9.17) is 0 Å². The van der Waals surface area contributed by atoms with Crippen molar-refractivity contribution in [3.63, 3.8) is 0 Å². The molecule has 204 valence electrons. The minimum atomic E-state index is -4.07. The fourth-order valence-corrected chi connectivity index (χ4v) is 5.73. The van der Waals surface area contributed by atoms with E-state index < -0.39 is 33.3 Å². The van der Waals surface area contributed by atoms with Crippen LogP contribution in [0.1, 0.15) is 15.9 Å². The molecule has 39 heavy (non-hydrogen) atoms. The molecule has 4 rings (SSSR count). The number of halogens is 1. The summed E-state index contributed by atoms with van der Waals surface area (Å²) in [6, 6.07) is 10.4. The number of amides is 3. The van der Waals surface area contributed by atoms with Gasteiger partial charge < -0.3 is 15.5 Å². The number of likely N-dealkylation sites (N-methyl/N-ethyl adjacent to an activating group) is 1. The third-order valence-corrected chi connectivity index (χ3v) is 8.44. The number of aromatic nitrogens is 1. The van der Waals surface area contributed by atoms with Gasteiger partial charge in [-0.15, -0.1) is 11.3 Å². The number of nitrogens with zero attached hydrogens (tertiary/aromatic N) is 2. The molecule has 0 atom stereocenters. The molecule has 0 aliphatic heterocycles. The lowest BCUT2D eigenvalue weighted by Gasteiger charge is -2.15. The zero-order chi connectivity index (χ0) is 28.3. The Morgan fingerprint density at radius 3 is 2.51 bits per heavy atom. The van der Waals surface area contributed by atoms with Gasteiger partial charge in [-0.25, -0.2) is 22.3 Å². The number of aryl methyl sites for hydroxylation is 1. The van der Waals surface area contributed by atoms with Crippen LogP contribution >= 0.6 is 11.3 Å². The normalized spacial score (nSPS) is 11.5. The third kappa shape index (κ3) is 6.33. The molecule has 13 heteroatoms.